The van der Waals surface area contributed by atoms with Crippen LogP contribution in [-0.4, -0.2) is 55.4 Å². The third-order valence-electron chi connectivity index (χ3n) is 4.68. The van der Waals surface area contributed by atoms with E-state index in [1.54, 1.807) is 30.3 Å². The SMILES string of the molecule is CN(C)C(=O)CN=C(NCc1cccs1)N1CCC(C2CC2)C1. The van der Waals surface area contributed by atoms with Crippen molar-refractivity contribution in [2.75, 3.05) is 33.7 Å². The van der Waals surface area contributed by atoms with Gasteiger partial charge in [-0.15, -0.1) is 11.3 Å². The van der Waals surface area contributed by atoms with Crippen molar-refractivity contribution in [3.8, 4) is 0 Å². The molecule has 0 bridgehead atoms. The van der Waals surface area contributed by atoms with Gasteiger partial charge >= 0.3 is 0 Å². The largest absolute Gasteiger partial charge is 0.351 e. The van der Waals surface area contributed by atoms with Gasteiger partial charge < -0.3 is 15.1 Å². The van der Waals surface area contributed by atoms with E-state index in [0.29, 0.717) is 0 Å². The summed E-state index contributed by atoms with van der Waals surface area (Å²) in [6.45, 7) is 3.12. The monoisotopic (exact) mass is 334 g/mol. The molecule has 2 heterocycles. The fraction of sp³-hybridized carbons (Fsp3) is 0.647. The summed E-state index contributed by atoms with van der Waals surface area (Å²) >= 11 is 1.74. The summed E-state index contributed by atoms with van der Waals surface area (Å²) in [6, 6.07) is 4.18. The topological polar surface area (TPSA) is 47.9 Å². The zero-order chi connectivity index (χ0) is 16.2. The molecule has 1 amide bonds. The summed E-state index contributed by atoms with van der Waals surface area (Å²) in [6.07, 6.45) is 4.05. The second kappa shape index (κ2) is 7.34. The first-order valence-electron chi connectivity index (χ1n) is 8.39. The molecule has 0 radical (unpaired) electrons. The lowest BCUT2D eigenvalue weighted by atomic mass is 10.0. The number of hydrogen-bond acceptors (Lipinski definition) is 3. The van der Waals surface area contributed by atoms with Crippen LogP contribution in [0.4, 0.5) is 0 Å². The Labute approximate surface area is 142 Å². The Hall–Kier alpha value is -1.56. The van der Waals surface area contributed by atoms with Gasteiger partial charge in [-0.05, 0) is 42.5 Å². The van der Waals surface area contributed by atoms with E-state index in [-0.39, 0.29) is 12.5 Å². The van der Waals surface area contributed by atoms with Gasteiger partial charge in [0.1, 0.15) is 6.54 Å². The molecule has 126 valence electrons. The van der Waals surface area contributed by atoms with E-state index in [1.165, 1.54) is 24.1 Å². The predicted molar refractivity (Wildman–Crippen MR) is 94.6 cm³/mol. The lowest BCUT2D eigenvalue weighted by Gasteiger charge is -2.22. The number of hydrogen-bond donors (Lipinski definition) is 1. The maximum absolute atomic E-state index is 11.9. The summed E-state index contributed by atoms with van der Waals surface area (Å²) in [5.74, 6) is 2.67. The number of aliphatic imine (C=N–C) groups is 1. The molecule has 0 spiro atoms. The number of likely N-dealkylation sites (N-methyl/N-ethyl adjacent to an activating group) is 1. The van der Waals surface area contributed by atoms with Crippen molar-refractivity contribution in [3.63, 3.8) is 0 Å². The van der Waals surface area contributed by atoms with Crippen LogP contribution in [0.5, 0.6) is 0 Å². The van der Waals surface area contributed by atoms with Crippen LogP contribution in [0, 0.1) is 11.8 Å². The molecule has 0 aromatic carbocycles. The van der Waals surface area contributed by atoms with Crippen molar-refractivity contribution < 1.29 is 4.79 Å². The number of nitrogens with one attached hydrogen (secondary N) is 1. The minimum Gasteiger partial charge on any atom is -0.351 e. The number of carbonyl (C=O) groups is 1. The lowest BCUT2D eigenvalue weighted by molar-refractivity contribution is -0.127. The molecule has 5 nitrogen and oxygen atoms in total. The zero-order valence-electron chi connectivity index (χ0n) is 14.0. The van der Waals surface area contributed by atoms with E-state index in [2.05, 4.69) is 32.7 Å². The third-order valence-corrected chi connectivity index (χ3v) is 5.55. The van der Waals surface area contributed by atoms with Crippen LogP contribution >= 0.6 is 11.3 Å². The Morgan fingerprint density at radius 2 is 2.22 bits per heavy atom. The number of rotatable bonds is 5. The average molecular weight is 334 g/mol. The molecule has 3 rings (SSSR count). The number of thiophene rings is 1. The van der Waals surface area contributed by atoms with Crippen LogP contribution in [0.25, 0.3) is 0 Å². The number of carbonyl (C=O) groups excluding carboxylic acids is 1. The van der Waals surface area contributed by atoms with Gasteiger partial charge in [0.25, 0.3) is 0 Å². The van der Waals surface area contributed by atoms with Crippen LogP contribution in [-0.2, 0) is 11.3 Å². The van der Waals surface area contributed by atoms with E-state index in [4.69, 9.17) is 0 Å². The van der Waals surface area contributed by atoms with Crippen molar-refractivity contribution >= 4 is 23.2 Å². The second-order valence-electron chi connectivity index (χ2n) is 6.69. The predicted octanol–water partition coefficient (Wildman–Crippen LogP) is 2.01. The van der Waals surface area contributed by atoms with Gasteiger partial charge in [-0.1, -0.05) is 6.07 Å². The molecule has 23 heavy (non-hydrogen) atoms. The van der Waals surface area contributed by atoms with Gasteiger partial charge in [0.05, 0.1) is 6.54 Å². The smallest absolute Gasteiger partial charge is 0.243 e. The highest BCUT2D eigenvalue weighted by atomic mass is 32.1. The molecule has 1 aromatic heterocycles. The standard InChI is InChI=1S/C17H26N4OS/c1-20(2)16(22)11-19-17(18-10-15-4-3-9-23-15)21-8-7-14(12-21)13-5-6-13/h3-4,9,13-14H,5-8,10-12H2,1-2H3,(H,18,19). The maximum atomic E-state index is 11.9. The Morgan fingerprint density at radius 3 is 2.87 bits per heavy atom. The van der Waals surface area contributed by atoms with Gasteiger partial charge in [0.15, 0.2) is 5.96 Å². The normalized spacial score (nSPS) is 21.6. The van der Waals surface area contributed by atoms with E-state index < -0.39 is 0 Å². The summed E-state index contributed by atoms with van der Waals surface area (Å²) in [5.41, 5.74) is 0. The van der Waals surface area contributed by atoms with Crippen LogP contribution < -0.4 is 5.32 Å². The number of likely N-dealkylation sites (tertiary alicyclic amines) is 1. The Bertz CT molecular complexity index is 551. The van der Waals surface area contributed by atoms with Crippen molar-refractivity contribution in [1.29, 1.82) is 0 Å². The number of amides is 1. The molecular formula is C17H26N4OS. The van der Waals surface area contributed by atoms with Crippen molar-refractivity contribution in [3.05, 3.63) is 22.4 Å². The van der Waals surface area contributed by atoms with Gasteiger partial charge in [0.2, 0.25) is 5.91 Å². The van der Waals surface area contributed by atoms with Gasteiger partial charge in [-0.25, -0.2) is 4.99 Å². The molecule has 6 heteroatoms. The maximum Gasteiger partial charge on any atom is 0.243 e. The fourth-order valence-electron chi connectivity index (χ4n) is 3.06. The summed E-state index contributed by atoms with van der Waals surface area (Å²) in [5, 5.41) is 5.54. The van der Waals surface area contributed by atoms with Crippen molar-refractivity contribution in [2.24, 2.45) is 16.8 Å². The molecule has 1 saturated heterocycles. The van der Waals surface area contributed by atoms with E-state index in [1.807, 2.05) is 0 Å². The molecule has 1 aliphatic heterocycles. The minimum absolute atomic E-state index is 0.0402. The van der Waals surface area contributed by atoms with Crippen LogP contribution in [0.15, 0.2) is 22.5 Å². The molecule has 1 N–H and O–H groups in total. The second-order valence-corrected chi connectivity index (χ2v) is 7.73. The van der Waals surface area contributed by atoms with Crippen molar-refractivity contribution in [2.45, 2.75) is 25.8 Å². The molecule has 1 aromatic rings. The van der Waals surface area contributed by atoms with E-state index >= 15 is 0 Å². The molecule has 2 fully saturated rings. The summed E-state index contributed by atoms with van der Waals surface area (Å²) < 4.78 is 0. The van der Waals surface area contributed by atoms with E-state index in [9.17, 15) is 4.79 Å². The van der Waals surface area contributed by atoms with Crippen LogP contribution in [0.1, 0.15) is 24.1 Å². The first kappa shape index (κ1) is 16.3. The number of nitrogens with zero attached hydrogens (tertiary/aromatic N) is 3. The Balaban J connectivity index is 1.62. The summed E-state index contributed by atoms with van der Waals surface area (Å²) in [4.78, 5) is 21.7. The van der Waals surface area contributed by atoms with Crippen LogP contribution in [0.2, 0.25) is 0 Å². The van der Waals surface area contributed by atoms with E-state index in [0.717, 1.165) is 37.4 Å². The lowest BCUT2D eigenvalue weighted by Crippen LogP contribution is -2.40. The third kappa shape index (κ3) is 4.47. The minimum atomic E-state index is 0.0402. The molecule has 1 atom stereocenters. The van der Waals surface area contributed by atoms with Gasteiger partial charge in [0, 0.05) is 32.1 Å². The molecule has 1 unspecified atom stereocenters. The highest BCUT2D eigenvalue weighted by molar-refractivity contribution is 7.09. The molecule has 2 aliphatic rings. The average Bonchev–Trinajstić information content (AvgIpc) is 3.05. The molecular weight excluding hydrogens is 308 g/mol. The molecule has 1 aliphatic carbocycles. The first-order chi connectivity index (χ1) is 11.1. The number of guanidine groups is 1. The van der Waals surface area contributed by atoms with Crippen LogP contribution in [0.3, 0.4) is 0 Å². The zero-order valence-corrected chi connectivity index (χ0v) is 14.8. The Morgan fingerprint density at radius 1 is 1.39 bits per heavy atom. The summed E-state index contributed by atoms with van der Waals surface area (Å²) in [7, 11) is 3.55. The van der Waals surface area contributed by atoms with Crippen molar-refractivity contribution in [1.82, 2.24) is 15.1 Å². The highest BCUT2D eigenvalue weighted by Crippen LogP contribution is 2.41. The molecule has 1 saturated carbocycles. The quantitative estimate of drug-likeness (QED) is 0.662. The van der Waals surface area contributed by atoms with Gasteiger partial charge in [-0.3, -0.25) is 4.79 Å². The highest BCUT2D eigenvalue weighted by Gasteiger charge is 2.36. The first-order valence-corrected chi connectivity index (χ1v) is 9.27. The Kier molecular flexibility index (Phi) is 5.20. The van der Waals surface area contributed by atoms with Gasteiger partial charge in [-0.2, -0.15) is 0 Å². The fourth-order valence-corrected chi connectivity index (χ4v) is 3.71.